The highest BCUT2D eigenvalue weighted by atomic mass is 16.6. The molecule has 0 spiro atoms. The van der Waals surface area contributed by atoms with Gasteiger partial charge in [0.2, 0.25) is 0 Å². The van der Waals surface area contributed by atoms with Gasteiger partial charge in [-0.2, -0.15) is 5.10 Å². The molecule has 29 heavy (non-hydrogen) atoms. The highest BCUT2D eigenvalue weighted by Crippen LogP contribution is 2.28. The van der Waals surface area contributed by atoms with Gasteiger partial charge >= 0.3 is 11.6 Å². The van der Waals surface area contributed by atoms with Crippen LogP contribution in [0.5, 0.6) is 5.75 Å². The van der Waals surface area contributed by atoms with E-state index < -0.39 is 10.8 Å². The first kappa shape index (κ1) is 18.2. The summed E-state index contributed by atoms with van der Waals surface area (Å²) >= 11 is 0. The molecule has 4 aromatic rings. The summed E-state index contributed by atoms with van der Waals surface area (Å²) in [7, 11) is 1.35. The van der Waals surface area contributed by atoms with E-state index in [4.69, 9.17) is 9.15 Å². The van der Waals surface area contributed by atoms with Crippen molar-refractivity contribution in [3.05, 3.63) is 82.1 Å². The Labute approximate surface area is 164 Å². The summed E-state index contributed by atoms with van der Waals surface area (Å²) < 4.78 is 10.6. The van der Waals surface area contributed by atoms with E-state index in [0.29, 0.717) is 11.1 Å². The van der Waals surface area contributed by atoms with Crippen LogP contribution in [0.1, 0.15) is 16.1 Å². The zero-order valence-corrected chi connectivity index (χ0v) is 15.3. The number of ether oxygens (including phenoxy) is 1. The summed E-state index contributed by atoms with van der Waals surface area (Å²) in [4.78, 5) is 22.9. The van der Waals surface area contributed by atoms with Crippen LogP contribution in [0.4, 0.5) is 5.69 Å². The Morgan fingerprint density at radius 3 is 2.76 bits per heavy atom. The van der Waals surface area contributed by atoms with Crippen molar-refractivity contribution < 1.29 is 18.9 Å². The summed E-state index contributed by atoms with van der Waals surface area (Å²) in [5, 5.41) is 17.8. The highest BCUT2D eigenvalue weighted by Gasteiger charge is 2.15. The summed E-state index contributed by atoms with van der Waals surface area (Å²) in [6, 6.07) is 17.6. The number of carbonyl (C=O) groups excluding carboxylic acids is 1. The van der Waals surface area contributed by atoms with E-state index in [1.807, 2.05) is 36.4 Å². The molecule has 4 rings (SSSR count). The van der Waals surface area contributed by atoms with Crippen LogP contribution in [-0.2, 0) is 0 Å². The molecule has 8 heteroatoms. The predicted octanol–water partition coefficient (Wildman–Crippen LogP) is 4.27. The van der Waals surface area contributed by atoms with Crippen molar-refractivity contribution in [2.24, 2.45) is 5.10 Å². The molecule has 0 aliphatic rings. The number of amides is 1. The van der Waals surface area contributed by atoms with Crippen molar-refractivity contribution in [2.45, 2.75) is 0 Å². The molecule has 0 bridgehead atoms. The molecule has 3 aromatic carbocycles. The molecule has 0 atom stereocenters. The second-order valence-corrected chi connectivity index (χ2v) is 6.20. The van der Waals surface area contributed by atoms with E-state index in [2.05, 4.69) is 10.5 Å². The number of furan rings is 1. The molecule has 0 aliphatic carbocycles. The van der Waals surface area contributed by atoms with Crippen molar-refractivity contribution in [2.75, 3.05) is 7.11 Å². The molecular weight excluding hydrogens is 374 g/mol. The largest absolute Gasteiger partial charge is 0.490 e. The van der Waals surface area contributed by atoms with Crippen LogP contribution in [0.25, 0.3) is 21.7 Å². The molecule has 1 heterocycles. The summed E-state index contributed by atoms with van der Waals surface area (Å²) in [6.45, 7) is 0. The quantitative estimate of drug-likeness (QED) is 0.312. The number of fused-ring (bicyclic) bond motifs is 3. The first-order chi connectivity index (χ1) is 14.1. The number of nitrogens with one attached hydrogen (secondary N) is 1. The maximum absolute atomic E-state index is 12.4. The SMILES string of the molecule is COc1ccc(C=NNC(=O)c2cc3c(ccc4ccccc43)o2)cc1[N+](=O)[O-]. The lowest BCUT2D eigenvalue weighted by molar-refractivity contribution is -0.385. The van der Waals surface area contributed by atoms with Gasteiger partial charge in [-0.1, -0.05) is 30.3 Å². The Balaban J connectivity index is 1.55. The lowest BCUT2D eigenvalue weighted by atomic mass is 10.1. The number of carbonyl (C=O) groups is 1. The van der Waals surface area contributed by atoms with Crippen LogP contribution in [0.3, 0.4) is 0 Å². The molecule has 8 nitrogen and oxygen atoms in total. The van der Waals surface area contributed by atoms with Crippen LogP contribution < -0.4 is 10.2 Å². The molecule has 0 aliphatic heterocycles. The fourth-order valence-electron chi connectivity index (χ4n) is 3.05. The Kier molecular flexibility index (Phi) is 4.66. The molecular formula is C21H15N3O5. The number of methoxy groups -OCH3 is 1. The van der Waals surface area contributed by atoms with Crippen molar-refractivity contribution in [1.29, 1.82) is 0 Å². The molecule has 1 amide bonds. The van der Waals surface area contributed by atoms with Crippen molar-refractivity contribution in [3.8, 4) is 5.75 Å². The summed E-state index contributed by atoms with van der Waals surface area (Å²) in [5.74, 6) is -0.260. The first-order valence-corrected chi connectivity index (χ1v) is 8.64. The van der Waals surface area contributed by atoms with Gasteiger partial charge in [0.1, 0.15) is 5.58 Å². The standard InChI is InChI=1S/C21H15N3O5/c1-28-19-8-6-13(10-17(19)24(26)27)12-22-23-21(25)20-11-16-15-5-3-2-4-14(15)7-9-18(16)29-20/h2-12H,1H3,(H,23,25). The Morgan fingerprint density at radius 2 is 1.97 bits per heavy atom. The van der Waals surface area contributed by atoms with E-state index >= 15 is 0 Å². The molecule has 1 N–H and O–H groups in total. The van der Waals surface area contributed by atoms with Gasteiger partial charge in [-0.3, -0.25) is 14.9 Å². The van der Waals surface area contributed by atoms with Crippen molar-refractivity contribution >= 4 is 39.6 Å². The number of hydrogen-bond donors (Lipinski definition) is 1. The molecule has 0 fully saturated rings. The van der Waals surface area contributed by atoms with Crippen molar-refractivity contribution in [1.82, 2.24) is 5.43 Å². The Hall–Kier alpha value is -4.20. The van der Waals surface area contributed by atoms with Gasteiger partial charge in [0.25, 0.3) is 0 Å². The third-order valence-electron chi connectivity index (χ3n) is 4.43. The minimum Gasteiger partial charge on any atom is -0.490 e. The average Bonchev–Trinajstić information content (AvgIpc) is 3.18. The maximum Gasteiger partial charge on any atom is 0.311 e. The number of rotatable bonds is 5. The number of benzene rings is 3. The van der Waals surface area contributed by atoms with E-state index in [1.165, 1.54) is 25.5 Å². The topological polar surface area (TPSA) is 107 Å². The van der Waals surface area contributed by atoms with Gasteiger partial charge in [-0.05, 0) is 35.0 Å². The van der Waals surface area contributed by atoms with E-state index in [0.717, 1.165) is 16.2 Å². The zero-order chi connectivity index (χ0) is 20.4. The molecule has 0 radical (unpaired) electrons. The normalized spacial score (nSPS) is 11.2. The monoisotopic (exact) mass is 389 g/mol. The van der Waals surface area contributed by atoms with Crippen LogP contribution in [0.2, 0.25) is 0 Å². The van der Waals surface area contributed by atoms with E-state index in [1.54, 1.807) is 12.1 Å². The number of hydrogen-bond acceptors (Lipinski definition) is 6. The lowest BCUT2D eigenvalue weighted by Crippen LogP contribution is -2.16. The number of nitro groups is 1. The molecule has 0 saturated heterocycles. The predicted molar refractivity (Wildman–Crippen MR) is 108 cm³/mol. The second kappa shape index (κ2) is 7.43. The van der Waals surface area contributed by atoms with Crippen molar-refractivity contribution in [3.63, 3.8) is 0 Å². The fourth-order valence-corrected chi connectivity index (χ4v) is 3.05. The molecule has 0 unspecified atom stereocenters. The molecule has 144 valence electrons. The molecule has 1 aromatic heterocycles. The van der Waals surface area contributed by atoms with Gasteiger partial charge < -0.3 is 9.15 Å². The highest BCUT2D eigenvalue weighted by molar-refractivity contribution is 6.08. The average molecular weight is 389 g/mol. The smallest absolute Gasteiger partial charge is 0.311 e. The van der Waals surface area contributed by atoms with Gasteiger partial charge in [0.05, 0.1) is 18.2 Å². The number of nitrogens with zero attached hydrogens (tertiary/aromatic N) is 2. The van der Waals surface area contributed by atoms with Crippen LogP contribution in [-0.4, -0.2) is 24.2 Å². The number of hydrazone groups is 1. The second-order valence-electron chi connectivity index (χ2n) is 6.20. The first-order valence-electron chi connectivity index (χ1n) is 8.64. The minimum atomic E-state index is -0.548. The van der Waals surface area contributed by atoms with Crippen LogP contribution in [0, 0.1) is 10.1 Å². The molecule has 0 saturated carbocycles. The third-order valence-corrected chi connectivity index (χ3v) is 4.43. The van der Waals surface area contributed by atoms with Crippen LogP contribution in [0.15, 0.2) is 70.2 Å². The third kappa shape index (κ3) is 3.51. The van der Waals surface area contributed by atoms with E-state index in [9.17, 15) is 14.9 Å². The van der Waals surface area contributed by atoms with Gasteiger partial charge in [0.15, 0.2) is 11.5 Å². The van der Waals surface area contributed by atoms with Gasteiger partial charge in [-0.25, -0.2) is 5.43 Å². The summed E-state index contributed by atoms with van der Waals surface area (Å²) in [5.41, 5.74) is 3.22. The Bertz CT molecular complexity index is 1280. The van der Waals surface area contributed by atoms with Gasteiger partial charge in [-0.15, -0.1) is 0 Å². The lowest BCUT2D eigenvalue weighted by Gasteiger charge is -2.01. The Morgan fingerprint density at radius 1 is 1.14 bits per heavy atom. The van der Waals surface area contributed by atoms with E-state index in [-0.39, 0.29) is 17.2 Å². The minimum absolute atomic E-state index is 0.120. The zero-order valence-electron chi connectivity index (χ0n) is 15.3. The fraction of sp³-hybridized carbons (Fsp3) is 0.0476. The number of nitro benzene ring substituents is 1. The van der Waals surface area contributed by atoms with Gasteiger partial charge in [0, 0.05) is 17.0 Å². The van der Waals surface area contributed by atoms with Crippen LogP contribution >= 0.6 is 0 Å². The summed E-state index contributed by atoms with van der Waals surface area (Å²) in [6.07, 6.45) is 1.31. The maximum atomic E-state index is 12.4.